The third-order valence-corrected chi connectivity index (χ3v) is 3.65. The van der Waals surface area contributed by atoms with Gasteiger partial charge in [-0.15, -0.1) is 0 Å². The van der Waals surface area contributed by atoms with Crippen molar-refractivity contribution in [2.75, 3.05) is 17.6 Å². The second-order valence-electron chi connectivity index (χ2n) is 4.87. The third-order valence-electron chi connectivity index (χ3n) is 3.65. The first kappa shape index (κ1) is 12.7. The molecule has 1 fully saturated rings. The molecule has 0 heterocycles. The fourth-order valence-corrected chi connectivity index (χ4v) is 2.48. The van der Waals surface area contributed by atoms with Gasteiger partial charge >= 0.3 is 0 Å². The van der Waals surface area contributed by atoms with E-state index in [0.717, 1.165) is 24.9 Å². The van der Waals surface area contributed by atoms with Gasteiger partial charge in [-0.2, -0.15) is 5.26 Å². The van der Waals surface area contributed by atoms with E-state index in [0.29, 0.717) is 17.8 Å². The number of aliphatic hydroxyl groups excluding tert-OH is 1. The number of rotatable bonds is 3. The highest BCUT2D eigenvalue weighted by molar-refractivity contribution is 5.72. The largest absolute Gasteiger partial charge is 0.396 e. The molecule has 1 aliphatic carbocycles. The summed E-state index contributed by atoms with van der Waals surface area (Å²) >= 11 is 0. The Labute approximate surface area is 107 Å². The number of nitriles is 1. The summed E-state index contributed by atoms with van der Waals surface area (Å²) in [4.78, 5) is 0. The first-order valence-electron chi connectivity index (χ1n) is 6.43. The Balaban J connectivity index is 2.00. The van der Waals surface area contributed by atoms with Crippen LogP contribution in [-0.4, -0.2) is 17.8 Å². The molecular weight excluding hydrogens is 226 g/mol. The predicted molar refractivity (Wildman–Crippen MR) is 72.0 cm³/mol. The van der Waals surface area contributed by atoms with Crippen molar-refractivity contribution in [2.24, 2.45) is 5.92 Å². The fourth-order valence-electron chi connectivity index (χ4n) is 2.48. The SMILES string of the molecule is N#Cc1cccc(NCC2CCCCC2O)c1N. The minimum atomic E-state index is -0.216. The van der Waals surface area contributed by atoms with Crippen molar-refractivity contribution in [2.45, 2.75) is 31.8 Å². The molecule has 0 saturated heterocycles. The third kappa shape index (κ3) is 2.74. The molecule has 1 aromatic rings. The summed E-state index contributed by atoms with van der Waals surface area (Å²) in [6.45, 7) is 0.709. The number of hydrogen-bond donors (Lipinski definition) is 3. The van der Waals surface area contributed by atoms with Crippen molar-refractivity contribution in [3.05, 3.63) is 23.8 Å². The maximum absolute atomic E-state index is 9.89. The van der Waals surface area contributed by atoms with Crippen molar-refractivity contribution < 1.29 is 5.11 Å². The molecule has 1 saturated carbocycles. The Hall–Kier alpha value is -1.73. The molecular formula is C14H19N3O. The average Bonchev–Trinajstić information content (AvgIpc) is 2.39. The van der Waals surface area contributed by atoms with Crippen LogP contribution in [0.5, 0.6) is 0 Å². The van der Waals surface area contributed by atoms with Gasteiger partial charge in [0.25, 0.3) is 0 Å². The number of hydrogen-bond acceptors (Lipinski definition) is 4. The van der Waals surface area contributed by atoms with E-state index in [1.54, 1.807) is 6.07 Å². The van der Waals surface area contributed by atoms with Gasteiger partial charge in [0, 0.05) is 12.5 Å². The summed E-state index contributed by atoms with van der Waals surface area (Å²) < 4.78 is 0. The summed E-state index contributed by atoms with van der Waals surface area (Å²) in [5, 5.41) is 22.0. The lowest BCUT2D eigenvalue weighted by molar-refractivity contribution is 0.0763. The Kier molecular flexibility index (Phi) is 4.06. The standard InChI is InChI=1S/C14H19N3O/c15-8-10-5-3-6-12(14(10)16)17-9-11-4-1-2-7-13(11)18/h3,5-6,11,13,17-18H,1-2,4,7,9,16H2. The molecule has 0 radical (unpaired) electrons. The molecule has 0 bridgehead atoms. The van der Waals surface area contributed by atoms with E-state index in [1.165, 1.54) is 6.42 Å². The van der Waals surface area contributed by atoms with Crippen molar-refractivity contribution in [1.82, 2.24) is 0 Å². The van der Waals surface area contributed by atoms with Crippen molar-refractivity contribution in [3.63, 3.8) is 0 Å². The predicted octanol–water partition coefficient (Wildman–Crippen LogP) is 2.10. The van der Waals surface area contributed by atoms with Crippen LogP contribution in [0.3, 0.4) is 0 Å². The average molecular weight is 245 g/mol. The molecule has 4 N–H and O–H groups in total. The van der Waals surface area contributed by atoms with Crippen molar-refractivity contribution in [1.29, 1.82) is 5.26 Å². The van der Waals surface area contributed by atoms with Gasteiger partial charge in [-0.3, -0.25) is 0 Å². The lowest BCUT2D eigenvalue weighted by atomic mass is 9.86. The zero-order valence-electron chi connectivity index (χ0n) is 10.4. The normalized spacial score (nSPS) is 23.3. The Morgan fingerprint density at radius 3 is 2.89 bits per heavy atom. The van der Waals surface area contributed by atoms with Crippen LogP contribution in [0.4, 0.5) is 11.4 Å². The van der Waals surface area contributed by atoms with Gasteiger partial charge in [-0.25, -0.2) is 0 Å². The fraction of sp³-hybridized carbons (Fsp3) is 0.500. The zero-order chi connectivity index (χ0) is 13.0. The second-order valence-corrected chi connectivity index (χ2v) is 4.87. The molecule has 4 nitrogen and oxygen atoms in total. The minimum Gasteiger partial charge on any atom is -0.396 e. The molecule has 4 heteroatoms. The molecule has 2 atom stereocenters. The molecule has 0 amide bonds. The van der Waals surface area contributed by atoms with Gasteiger partial charge in [0.15, 0.2) is 0 Å². The van der Waals surface area contributed by atoms with Crippen LogP contribution in [-0.2, 0) is 0 Å². The summed E-state index contributed by atoms with van der Waals surface area (Å²) in [6, 6.07) is 7.45. The second kappa shape index (κ2) is 5.74. The smallest absolute Gasteiger partial charge is 0.101 e. The van der Waals surface area contributed by atoms with E-state index in [-0.39, 0.29) is 12.0 Å². The number of nitrogens with one attached hydrogen (secondary N) is 1. The molecule has 1 aliphatic rings. The van der Waals surface area contributed by atoms with Crippen LogP contribution in [0.2, 0.25) is 0 Å². The number of anilines is 2. The number of para-hydroxylation sites is 1. The van der Waals surface area contributed by atoms with Gasteiger partial charge in [0.2, 0.25) is 0 Å². The van der Waals surface area contributed by atoms with E-state index in [4.69, 9.17) is 11.0 Å². The Bertz CT molecular complexity index is 453. The maximum atomic E-state index is 9.89. The van der Waals surface area contributed by atoms with Crippen LogP contribution in [0.15, 0.2) is 18.2 Å². The van der Waals surface area contributed by atoms with Crippen LogP contribution in [0.1, 0.15) is 31.2 Å². The van der Waals surface area contributed by atoms with Crippen molar-refractivity contribution in [3.8, 4) is 6.07 Å². The summed E-state index contributed by atoms with van der Waals surface area (Å²) in [5.74, 6) is 0.281. The van der Waals surface area contributed by atoms with Crippen LogP contribution in [0.25, 0.3) is 0 Å². The molecule has 1 aromatic carbocycles. The van der Waals surface area contributed by atoms with Gasteiger partial charge in [-0.1, -0.05) is 18.9 Å². The summed E-state index contributed by atoms with van der Waals surface area (Å²) in [6.07, 6.45) is 4.01. The number of nitrogens with zero attached hydrogens (tertiary/aromatic N) is 1. The molecule has 96 valence electrons. The highest BCUT2D eigenvalue weighted by Crippen LogP contribution is 2.27. The molecule has 2 rings (SSSR count). The lowest BCUT2D eigenvalue weighted by Crippen LogP contribution is -2.30. The highest BCUT2D eigenvalue weighted by Gasteiger charge is 2.22. The number of nitrogen functional groups attached to an aromatic ring is 1. The number of benzene rings is 1. The Morgan fingerprint density at radius 2 is 2.17 bits per heavy atom. The lowest BCUT2D eigenvalue weighted by Gasteiger charge is -2.28. The minimum absolute atomic E-state index is 0.216. The van der Waals surface area contributed by atoms with E-state index < -0.39 is 0 Å². The van der Waals surface area contributed by atoms with E-state index in [9.17, 15) is 5.11 Å². The monoisotopic (exact) mass is 245 g/mol. The Morgan fingerprint density at radius 1 is 1.39 bits per heavy atom. The summed E-state index contributed by atoms with van der Waals surface area (Å²) in [5.41, 5.74) is 7.66. The van der Waals surface area contributed by atoms with Gasteiger partial charge < -0.3 is 16.2 Å². The molecule has 2 unspecified atom stereocenters. The van der Waals surface area contributed by atoms with Gasteiger partial charge in [0.05, 0.1) is 23.0 Å². The molecule has 0 spiro atoms. The first-order chi connectivity index (χ1) is 8.72. The van der Waals surface area contributed by atoms with E-state index in [2.05, 4.69) is 11.4 Å². The summed E-state index contributed by atoms with van der Waals surface area (Å²) in [7, 11) is 0. The van der Waals surface area contributed by atoms with Gasteiger partial charge in [-0.05, 0) is 25.0 Å². The molecule has 18 heavy (non-hydrogen) atoms. The number of aliphatic hydroxyl groups is 1. The molecule has 0 aliphatic heterocycles. The van der Waals surface area contributed by atoms with Crippen LogP contribution in [0, 0.1) is 17.2 Å². The van der Waals surface area contributed by atoms with Crippen LogP contribution < -0.4 is 11.1 Å². The quantitative estimate of drug-likeness (QED) is 0.712. The van der Waals surface area contributed by atoms with Crippen LogP contribution >= 0.6 is 0 Å². The first-order valence-corrected chi connectivity index (χ1v) is 6.43. The molecule has 0 aromatic heterocycles. The number of nitrogens with two attached hydrogens (primary N) is 1. The van der Waals surface area contributed by atoms with E-state index >= 15 is 0 Å². The van der Waals surface area contributed by atoms with Crippen molar-refractivity contribution >= 4 is 11.4 Å². The maximum Gasteiger partial charge on any atom is 0.101 e. The van der Waals surface area contributed by atoms with E-state index in [1.807, 2.05) is 12.1 Å². The topological polar surface area (TPSA) is 82.1 Å². The van der Waals surface area contributed by atoms with Gasteiger partial charge in [0.1, 0.15) is 6.07 Å². The zero-order valence-corrected chi connectivity index (χ0v) is 10.4. The highest BCUT2D eigenvalue weighted by atomic mass is 16.3.